The van der Waals surface area contributed by atoms with Gasteiger partial charge in [0.05, 0.1) is 10.2 Å². The highest BCUT2D eigenvalue weighted by Crippen LogP contribution is 2.49. The minimum atomic E-state index is -1.26. The van der Waals surface area contributed by atoms with Crippen LogP contribution in [0.3, 0.4) is 0 Å². The van der Waals surface area contributed by atoms with E-state index in [1.807, 2.05) is 12.1 Å². The number of allylic oxidation sites excluding steroid dienone is 2. The number of carbonyl (C=O) groups excluding carboxylic acids is 1. The predicted octanol–water partition coefficient (Wildman–Crippen LogP) is 4.54. The van der Waals surface area contributed by atoms with Gasteiger partial charge in [0.15, 0.2) is 5.75 Å². The Kier molecular flexibility index (Phi) is 3.71. The zero-order valence-electron chi connectivity index (χ0n) is 14.3. The Bertz CT molecular complexity index is 800. The molecule has 1 aromatic carbocycles. The smallest absolute Gasteiger partial charge is 0.349 e. The standard InChI is InChI=1S/C18H20BrNO4/c1-9-8-18(14(10(2)21)16(22)23-9)20-13-7-11(17(3,4)5)6-12(19)15(13)24-18/h6-8,20-21H,1-5H3/b14-10+. The van der Waals surface area contributed by atoms with Crippen molar-refractivity contribution < 1.29 is 19.4 Å². The molecular formula is C18H20BrNO4. The Morgan fingerprint density at radius 2 is 2.00 bits per heavy atom. The number of anilines is 1. The molecule has 1 unspecified atom stereocenters. The Balaban J connectivity index is 2.16. The number of fused-ring (bicyclic) bond motifs is 1. The molecule has 0 saturated carbocycles. The summed E-state index contributed by atoms with van der Waals surface area (Å²) < 4.78 is 12.0. The number of cyclic esters (lactones) is 1. The quantitative estimate of drug-likeness (QED) is 0.384. The third-order valence-electron chi connectivity index (χ3n) is 4.09. The third kappa shape index (κ3) is 2.59. The van der Waals surface area contributed by atoms with Gasteiger partial charge < -0.3 is 19.9 Å². The van der Waals surface area contributed by atoms with E-state index in [0.29, 0.717) is 11.5 Å². The first-order chi connectivity index (χ1) is 11.0. The van der Waals surface area contributed by atoms with Gasteiger partial charge in [0, 0.05) is 6.08 Å². The molecule has 1 aromatic rings. The number of ether oxygens (including phenoxy) is 2. The first-order valence-electron chi connectivity index (χ1n) is 7.67. The van der Waals surface area contributed by atoms with Gasteiger partial charge in [-0.15, -0.1) is 0 Å². The average Bonchev–Trinajstić information content (AvgIpc) is 2.74. The van der Waals surface area contributed by atoms with Crippen LogP contribution in [0.2, 0.25) is 0 Å². The maximum atomic E-state index is 12.3. The van der Waals surface area contributed by atoms with E-state index >= 15 is 0 Å². The Labute approximate surface area is 149 Å². The molecule has 2 aliphatic rings. The minimum Gasteiger partial charge on any atom is -0.512 e. The number of esters is 1. The molecule has 3 rings (SSSR count). The average molecular weight is 394 g/mol. The summed E-state index contributed by atoms with van der Waals surface area (Å²) in [5.74, 6) is 0.247. The monoisotopic (exact) mass is 393 g/mol. The van der Waals surface area contributed by atoms with Crippen molar-refractivity contribution in [2.24, 2.45) is 0 Å². The van der Waals surface area contributed by atoms with E-state index in [1.54, 1.807) is 13.0 Å². The predicted molar refractivity (Wildman–Crippen MR) is 95.0 cm³/mol. The summed E-state index contributed by atoms with van der Waals surface area (Å²) in [6, 6.07) is 4.01. The van der Waals surface area contributed by atoms with Gasteiger partial charge in [-0.2, -0.15) is 0 Å². The van der Waals surface area contributed by atoms with Crippen LogP contribution in [-0.2, 0) is 14.9 Å². The molecule has 1 spiro atoms. The first-order valence-corrected chi connectivity index (χ1v) is 8.46. The van der Waals surface area contributed by atoms with Crippen molar-refractivity contribution in [3.8, 4) is 5.75 Å². The lowest BCUT2D eigenvalue weighted by Crippen LogP contribution is -2.47. The number of nitrogens with one attached hydrogen (secondary N) is 1. The van der Waals surface area contributed by atoms with Crippen molar-refractivity contribution in [3.05, 3.63) is 45.3 Å². The summed E-state index contributed by atoms with van der Waals surface area (Å²) in [6.07, 6.45) is 1.66. The third-order valence-corrected chi connectivity index (χ3v) is 4.68. The highest BCUT2D eigenvalue weighted by molar-refractivity contribution is 9.10. The number of halogens is 1. The maximum absolute atomic E-state index is 12.3. The first kappa shape index (κ1) is 16.9. The van der Waals surface area contributed by atoms with Gasteiger partial charge in [-0.25, -0.2) is 4.79 Å². The zero-order valence-corrected chi connectivity index (χ0v) is 15.9. The van der Waals surface area contributed by atoms with Crippen LogP contribution >= 0.6 is 15.9 Å². The zero-order chi connectivity index (χ0) is 17.9. The molecule has 24 heavy (non-hydrogen) atoms. The van der Waals surface area contributed by atoms with Crippen LogP contribution < -0.4 is 10.1 Å². The van der Waals surface area contributed by atoms with E-state index in [-0.39, 0.29) is 16.7 Å². The SMILES string of the molecule is CC1=CC2(Nc3cc(C(C)(C)C)cc(Br)c3O2)/C(=C(\C)O)C(=O)O1. The van der Waals surface area contributed by atoms with E-state index < -0.39 is 11.7 Å². The fourth-order valence-corrected chi connectivity index (χ4v) is 3.48. The van der Waals surface area contributed by atoms with Gasteiger partial charge in [0.2, 0.25) is 5.72 Å². The van der Waals surface area contributed by atoms with Crippen molar-refractivity contribution in [3.63, 3.8) is 0 Å². The minimum absolute atomic E-state index is 0.0439. The molecule has 0 aliphatic carbocycles. The van der Waals surface area contributed by atoms with Crippen molar-refractivity contribution in [1.29, 1.82) is 0 Å². The lowest BCUT2D eigenvalue weighted by Gasteiger charge is -2.31. The van der Waals surface area contributed by atoms with Crippen LogP contribution in [0.1, 0.15) is 40.2 Å². The van der Waals surface area contributed by atoms with Crippen LogP contribution in [0.4, 0.5) is 5.69 Å². The van der Waals surface area contributed by atoms with Gasteiger partial charge in [-0.1, -0.05) is 20.8 Å². The molecule has 2 N–H and O–H groups in total. The second-order valence-corrected chi connectivity index (χ2v) is 8.01. The fourth-order valence-electron chi connectivity index (χ4n) is 2.94. The number of hydrogen-bond donors (Lipinski definition) is 2. The van der Waals surface area contributed by atoms with Crippen LogP contribution in [0, 0.1) is 0 Å². The van der Waals surface area contributed by atoms with E-state index in [1.165, 1.54) is 6.92 Å². The van der Waals surface area contributed by atoms with Gasteiger partial charge in [-0.05, 0) is 52.9 Å². The van der Waals surface area contributed by atoms with Crippen LogP contribution in [0.5, 0.6) is 5.75 Å². The molecular weight excluding hydrogens is 374 g/mol. The second kappa shape index (κ2) is 5.28. The number of aliphatic hydroxyl groups excluding tert-OH is 1. The maximum Gasteiger partial charge on any atom is 0.349 e. The van der Waals surface area contributed by atoms with Gasteiger partial charge in [0.1, 0.15) is 17.1 Å². The van der Waals surface area contributed by atoms with Crippen LogP contribution in [0.15, 0.2) is 39.8 Å². The molecule has 6 heteroatoms. The van der Waals surface area contributed by atoms with E-state index in [9.17, 15) is 9.90 Å². The van der Waals surface area contributed by atoms with Crippen molar-refractivity contribution >= 4 is 27.6 Å². The molecule has 128 valence electrons. The summed E-state index contributed by atoms with van der Waals surface area (Å²) >= 11 is 3.55. The van der Waals surface area contributed by atoms with Gasteiger partial charge in [-0.3, -0.25) is 0 Å². The molecule has 0 saturated heterocycles. The molecule has 5 nitrogen and oxygen atoms in total. The number of hydrogen-bond acceptors (Lipinski definition) is 5. The summed E-state index contributed by atoms with van der Waals surface area (Å²) in [5, 5.41) is 13.3. The molecule has 0 aromatic heterocycles. The topological polar surface area (TPSA) is 67.8 Å². The lowest BCUT2D eigenvalue weighted by atomic mass is 9.87. The number of carbonyl (C=O) groups is 1. The molecule has 2 aliphatic heterocycles. The van der Waals surface area contributed by atoms with Crippen molar-refractivity contribution in [2.75, 3.05) is 5.32 Å². The molecule has 0 amide bonds. The lowest BCUT2D eigenvalue weighted by molar-refractivity contribution is -0.138. The normalized spacial score (nSPS) is 24.8. The Morgan fingerprint density at radius 1 is 1.33 bits per heavy atom. The van der Waals surface area contributed by atoms with Crippen molar-refractivity contribution in [2.45, 2.75) is 45.8 Å². The summed E-state index contributed by atoms with van der Waals surface area (Å²) in [7, 11) is 0. The van der Waals surface area contributed by atoms with E-state index in [4.69, 9.17) is 9.47 Å². The Morgan fingerprint density at radius 3 is 2.58 bits per heavy atom. The van der Waals surface area contributed by atoms with Gasteiger partial charge in [0.25, 0.3) is 0 Å². The summed E-state index contributed by atoms with van der Waals surface area (Å²) in [4.78, 5) is 12.3. The van der Waals surface area contributed by atoms with Crippen LogP contribution in [-0.4, -0.2) is 16.8 Å². The highest BCUT2D eigenvalue weighted by Gasteiger charge is 2.50. The molecule has 0 bridgehead atoms. The number of rotatable bonds is 0. The fraction of sp³-hybridized carbons (Fsp3) is 0.389. The number of aliphatic hydroxyl groups is 1. The second-order valence-electron chi connectivity index (χ2n) is 7.15. The molecule has 0 fully saturated rings. The molecule has 2 heterocycles. The van der Waals surface area contributed by atoms with Crippen LogP contribution in [0.25, 0.3) is 0 Å². The highest BCUT2D eigenvalue weighted by atomic mass is 79.9. The van der Waals surface area contributed by atoms with Gasteiger partial charge >= 0.3 is 5.97 Å². The summed E-state index contributed by atoms with van der Waals surface area (Å²) in [6.45, 7) is 9.48. The van der Waals surface area contributed by atoms with E-state index in [0.717, 1.165) is 15.7 Å². The Hall–Kier alpha value is -1.95. The van der Waals surface area contributed by atoms with Crippen molar-refractivity contribution in [1.82, 2.24) is 0 Å². The molecule has 0 radical (unpaired) electrons. The summed E-state index contributed by atoms with van der Waals surface area (Å²) in [5.41, 5.74) is 0.615. The molecule has 1 atom stereocenters. The van der Waals surface area contributed by atoms with E-state index in [2.05, 4.69) is 42.0 Å². The number of benzene rings is 1. The largest absolute Gasteiger partial charge is 0.512 e.